The molecule has 1 fully saturated rings. The molecule has 0 spiro atoms. The Labute approximate surface area is 154 Å². The Hall–Kier alpha value is -1.43. The van der Waals surface area contributed by atoms with Gasteiger partial charge in [-0.3, -0.25) is 14.3 Å². The minimum absolute atomic E-state index is 0.0232. The summed E-state index contributed by atoms with van der Waals surface area (Å²) in [5.74, 6) is 0.858. The first kappa shape index (κ1) is 18.4. The van der Waals surface area contributed by atoms with Gasteiger partial charge in [0.25, 0.3) is 5.56 Å². The van der Waals surface area contributed by atoms with Crippen LogP contribution in [0.2, 0.25) is 5.02 Å². The van der Waals surface area contributed by atoms with Gasteiger partial charge in [0.1, 0.15) is 5.82 Å². The summed E-state index contributed by atoms with van der Waals surface area (Å²) < 4.78 is 1.71. The van der Waals surface area contributed by atoms with Gasteiger partial charge in [0.2, 0.25) is 0 Å². The Morgan fingerprint density at radius 2 is 2.20 bits per heavy atom. The van der Waals surface area contributed by atoms with Crippen LogP contribution >= 0.6 is 11.6 Å². The number of benzene rings is 1. The average molecular weight is 363 g/mol. The first-order valence-corrected chi connectivity index (χ1v) is 9.52. The lowest BCUT2D eigenvalue weighted by molar-refractivity contribution is 0.186. The van der Waals surface area contributed by atoms with Gasteiger partial charge >= 0.3 is 0 Å². The molecular formula is C19H27ClN4O. The summed E-state index contributed by atoms with van der Waals surface area (Å²) in [4.78, 5) is 20.2. The second-order valence-electron chi connectivity index (χ2n) is 6.98. The number of fused-ring (bicyclic) bond motifs is 1. The molecule has 1 aromatic carbocycles. The number of hydrogen-bond acceptors (Lipinski definition) is 4. The predicted molar refractivity (Wildman–Crippen MR) is 103 cm³/mol. The lowest BCUT2D eigenvalue weighted by Crippen LogP contribution is -2.36. The number of rotatable bonds is 4. The monoisotopic (exact) mass is 362 g/mol. The van der Waals surface area contributed by atoms with Gasteiger partial charge in [-0.2, -0.15) is 0 Å². The van der Waals surface area contributed by atoms with E-state index >= 15 is 0 Å². The lowest BCUT2D eigenvalue weighted by Gasteiger charge is -2.31. The fourth-order valence-electron chi connectivity index (χ4n) is 3.65. The van der Waals surface area contributed by atoms with Crippen molar-refractivity contribution in [3.63, 3.8) is 0 Å². The van der Waals surface area contributed by atoms with E-state index in [1.54, 1.807) is 16.7 Å². The molecule has 2 aromatic rings. The SMILES string of the molecule is CCC[C@H](c1nc2ccc(Cl)cc2c(=O)n1C)N1CCNC(C)CC1. The van der Waals surface area contributed by atoms with E-state index in [0.29, 0.717) is 16.5 Å². The van der Waals surface area contributed by atoms with E-state index in [1.807, 2.05) is 13.1 Å². The van der Waals surface area contributed by atoms with Gasteiger partial charge in [-0.25, -0.2) is 4.98 Å². The summed E-state index contributed by atoms with van der Waals surface area (Å²) in [7, 11) is 1.83. The van der Waals surface area contributed by atoms with Gasteiger partial charge in [-0.1, -0.05) is 24.9 Å². The van der Waals surface area contributed by atoms with Crippen molar-refractivity contribution in [2.45, 2.75) is 45.2 Å². The highest BCUT2D eigenvalue weighted by atomic mass is 35.5. The number of halogens is 1. The van der Waals surface area contributed by atoms with Crippen LogP contribution in [-0.4, -0.2) is 40.1 Å². The van der Waals surface area contributed by atoms with Crippen LogP contribution in [0.4, 0.5) is 0 Å². The van der Waals surface area contributed by atoms with Gasteiger partial charge in [0.15, 0.2) is 0 Å². The first-order valence-electron chi connectivity index (χ1n) is 9.15. The van der Waals surface area contributed by atoms with E-state index in [-0.39, 0.29) is 11.6 Å². The van der Waals surface area contributed by atoms with Gasteiger partial charge in [-0.15, -0.1) is 0 Å². The lowest BCUT2D eigenvalue weighted by atomic mass is 10.1. The summed E-state index contributed by atoms with van der Waals surface area (Å²) in [5, 5.41) is 4.69. The average Bonchev–Trinajstić information content (AvgIpc) is 2.81. The summed E-state index contributed by atoms with van der Waals surface area (Å²) in [6.07, 6.45) is 3.16. The Morgan fingerprint density at radius 3 is 2.96 bits per heavy atom. The van der Waals surface area contributed by atoms with Crippen LogP contribution < -0.4 is 10.9 Å². The zero-order valence-corrected chi connectivity index (χ0v) is 16.0. The molecule has 1 aliphatic rings. The number of nitrogens with one attached hydrogen (secondary N) is 1. The van der Waals surface area contributed by atoms with Crippen molar-refractivity contribution in [2.24, 2.45) is 7.05 Å². The van der Waals surface area contributed by atoms with Gasteiger partial charge in [0, 0.05) is 37.7 Å². The molecule has 1 saturated heterocycles. The van der Waals surface area contributed by atoms with E-state index in [0.717, 1.165) is 50.2 Å². The molecular weight excluding hydrogens is 336 g/mol. The molecule has 0 radical (unpaired) electrons. The molecule has 6 heteroatoms. The molecule has 1 N–H and O–H groups in total. The fraction of sp³-hybridized carbons (Fsp3) is 0.579. The van der Waals surface area contributed by atoms with Crippen molar-refractivity contribution in [3.8, 4) is 0 Å². The van der Waals surface area contributed by atoms with E-state index in [2.05, 4.69) is 24.1 Å². The number of nitrogens with zero attached hydrogens (tertiary/aromatic N) is 3. The summed E-state index contributed by atoms with van der Waals surface area (Å²) in [6.45, 7) is 7.38. The Kier molecular flexibility index (Phi) is 5.77. The van der Waals surface area contributed by atoms with E-state index in [4.69, 9.17) is 16.6 Å². The third kappa shape index (κ3) is 3.89. The molecule has 136 valence electrons. The number of hydrogen-bond donors (Lipinski definition) is 1. The van der Waals surface area contributed by atoms with Crippen LogP contribution in [0.3, 0.4) is 0 Å². The third-order valence-corrected chi connectivity index (χ3v) is 5.35. The number of aromatic nitrogens is 2. The van der Waals surface area contributed by atoms with Crippen LogP contribution in [0.1, 0.15) is 45.0 Å². The van der Waals surface area contributed by atoms with E-state index in [9.17, 15) is 4.79 Å². The maximum atomic E-state index is 12.8. The zero-order chi connectivity index (χ0) is 18.0. The van der Waals surface area contributed by atoms with Crippen molar-refractivity contribution in [2.75, 3.05) is 19.6 Å². The molecule has 2 heterocycles. The van der Waals surface area contributed by atoms with Crippen LogP contribution in [0.15, 0.2) is 23.0 Å². The highest BCUT2D eigenvalue weighted by Gasteiger charge is 2.26. The molecule has 0 saturated carbocycles. The van der Waals surface area contributed by atoms with Gasteiger partial charge < -0.3 is 5.32 Å². The first-order chi connectivity index (χ1) is 12.0. The Balaban J connectivity index is 2.05. The summed E-state index contributed by atoms with van der Waals surface area (Å²) >= 11 is 6.06. The molecule has 1 aromatic heterocycles. The molecule has 1 unspecified atom stereocenters. The van der Waals surface area contributed by atoms with E-state index in [1.165, 1.54) is 0 Å². The smallest absolute Gasteiger partial charge is 0.261 e. The molecule has 1 aliphatic heterocycles. The molecule has 25 heavy (non-hydrogen) atoms. The highest BCUT2D eigenvalue weighted by Crippen LogP contribution is 2.26. The van der Waals surface area contributed by atoms with Gasteiger partial charge in [-0.05, 0) is 38.0 Å². The Morgan fingerprint density at radius 1 is 1.40 bits per heavy atom. The van der Waals surface area contributed by atoms with Crippen molar-refractivity contribution in [1.82, 2.24) is 19.8 Å². The molecule has 5 nitrogen and oxygen atoms in total. The maximum Gasteiger partial charge on any atom is 0.261 e. The molecule has 0 amide bonds. The fourth-order valence-corrected chi connectivity index (χ4v) is 3.82. The summed E-state index contributed by atoms with van der Waals surface area (Å²) in [5.41, 5.74) is 0.704. The van der Waals surface area contributed by atoms with Crippen LogP contribution in [0, 0.1) is 0 Å². The third-order valence-electron chi connectivity index (χ3n) is 5.11. The summed E-state index contributed by atoms with van der Waals surface area (Å²) in [6, 6.07) is 6.05. The topological polar surface area (TPSA) is 50.2 Å². The minimum atomic E-state index is -0.0232. The Bertz CT molecular complexity index is 804. The van der Waals surface area contributed by atoms with Crippen LogP contribution in [-0.2, 0) is 7.05 Å². The van der Waals surface area contributed by atoms with Crippen molar-refractivity contribution in [1.29, 1.82) is 0 Å². The van der Waals surface area contributed by atoms with Crippen molar-refractivity contribution >= 4 is 22.5 Å². The zero-order valence-electron chi connectivity index (χ0n) is 15.3. The normalized spacial score (nSPS) is 20.6. The largest absolute Gasteiger partial charge is 0.313 e. The maximum absolute atomic E-state index is 12.8. The van der Waals surface area contributed by atoms with Crippen LogP contribution in [0.25, 0.3) is 10.9 Å². The second-order valence-corrected chi connectivity index (χ2v) is 7.42. The quantitative estimate of drug-likeness (QED) is 0.907. The second kappa shape index (κ2) is 7.85. The standard InChI is InChI=1S/C19H27ClN4O/c1-4-5-17(24-10-8-13(2)21-9-11-24)18-22-16-7-6-14(20)12-15(16)19(25)23(18)3/h6-7,12-13,17,21H,4-5,8-11H2,1-3H3/t13?,17-/m1/s1. The molecule has 0 bridgehead atoms. The highest BCUT2D eigenvalue weighted by molar-refractivity contribution is 6.31. The molecule has 0 aliphatic carbocycles. The van der Waals surface area contributed by atoms with Crippen molar-refractivity contribution < 1.29 is 0 Å². The molecule has 2 atom stereocenters. The van der Waals surface area contributed by atoms with Crippen LogP contribution in [0.5, 0.6) is 0 Å². The van der Waals surface area contributed by atoms with E-state index < -0.39 is 0 Å². The predicted octanol–water partition coefficient (Wildman–Crippen LogP) is 3.11. The minimum Gasteiger partial charge on any atom is -0.313 e. The van der Waals surface area contributed by atoms with Crippen molar-refractivity contribution in [3.05, 3.63) is 39.4 Å². The van der Waals surface area contributed by atoms with Gasteiger partial charge in [0.05, 0.1) is 16.9 Å². The molecule has 3 rings (SSSR count).